The minimum Gasteiger partial charge on any atom is -0.457 e. The molecule has 3 aromatic heterocycles. The molecule has 51 heavy (non-hydrogen) atoms. The van der Waals surface area contributed by atoms with E-state index in [2.05, 4.69) is 40.4 Å². The first-order valence-corrected chi connectivity index (χ1v) is 17.0. The van der Waals surface area contributed by atoms with Gasteiger partial charge < -0.3 is 24.7 Å². The van der Waals surface area contributed by atoms with Crippen molar-refractivity contribution in [3.05, 3.63) is 132 Å². The van der Waals surface area contributed by atoms with E-state index >= 15 is 0 Å². The van der Waals surface area contributed by atoms with Gasteiger partial charge in [-0.1, -0.05) is 53.7 Å². The summed E-state index contributed by atoms with van der Waals surface area (Å²) in [6.07, 6.45) is 7.79. The molecule has 2 N–H and O–H groups in total. The molecule has 0 aliphatic carbocycles. The van der Waals surface area contributed by atoms with Crippen LogP contribution in [-0.2, 0) is 30.9 Å². The molecule has 0 bridgehead atoms. The van der Waals surface area contributed by atoms with Gasteiger partial charge in [0.25, 0.3) is 11.8 Å². The van der Waals surface area contributed by atoms with Crippen molar-refractivity contribution in [1.29, 1.82) is 0 Å². The molecule has 1 aliphatic heterocycles. The maximum atomic E-state index is 13.0. The number of hydrogen-bond donors (Lipinski definition) is 2. The summed E-state index contributed by atoms with van der Waals surface area (Å²) in [5, 5.41) is 16.5. The highest BCUT2D eigenvalue weighted by Crippen LogP contribution is 2.30. The number of amides is 2. The average molecular weight is 686 g/mol. The lowest BCUT2D eigenvalue weighted by atomic mass is 10.1. The van der Waals surface area contributed by atoms with E-state index in [4.69, 9.17) is 9.47 Å². The summed E-state index contributed by atoms with van der Waals surface area (Å²) in [5.74, 6) is 1.76. The molecule has 13 heteroatoms. The molecule has 4 heterocycles. The minimum atomic E-state index is -0.352. The van der Waals surface area contributed by atoms with Gasteiger partial charge in [0.2, 0.25) is 0 Å². The van der Waals surface area contributed by atoms with Gasteiger partial charge in [-0.15, -0.1) is 5.10 Å². The van der Waals surface area contributed by atoms with Crippen LogP contribution >= 0.6 is 0 Å². The number of ether oxygens (including phenoxy) is 2. The summed E-state index contributed by atoms with van der Waals surface area (Å²) in [4.78, 5) is 36.9. The van der Waals surface area contributed by atoms with Crippen LogP contribution in [0.3, 0.4) is 0 Å². The fourth-order valence-electron chi connectivity index (χ4n) is 5.93. The number of fused-ring (bicyclic) bond motifs is 1. The molecule has 1 aliphatic rings. The molecule has 0 unspecified atom stereocenters. The molecule has 260 valence electrons. The van der Waals surface area contributed by atoms with Crippen molar-refractivity contribution in [1.82, 2.24) is 45.1 Å². The Labute approximate surface area is 295 Å². The van der Waals surface area contributed by atoms with Crippen LogP contribution in [0.25, 0.3) is 10.8 Å². The van der Waals surface area contributed by atoms with E-state index < -0.39 is 0 Å². The van der Waals surface area contributed by atoms with Crippen molar-refractivity contribution in [3.63, 3.8) is 0 Å². The zero-order valence-corrected chi connectivity index (χ0v) is 28.1. The van der Waals surface area contributed by atoms with Gasteiger partial charge in [-0.25, -0.2) is 4.98 Å². The van der Waals surface area contributed by atoms with E-state index in [1.165, 1.54) is 12.3 Å². The van der Waals surface area contributed by atoms with Gasteiger partial charge in [0.05, 0.1) is 32.5 Å². The monoisotopic (exact) mass is 685 g/mol. The number of morpholine rings is 1. The number of benzene rings is 3. The average Bonchev–Trinajstić information content (AvgIpc) is 3.82. The predicted octanol–water partition coefficient (Wildman–Crippen LogP) is 4.45. The lowest BCUT2D eigenvalue weighted by Gasteiger charge is -2.26. The number of aromatic nitrogens is 6. The quantitative estimate of drug-likeness (QED) is 0.159. The summed E-state index contributed by atoms with van der Waals surface area (Å²) >= 11 is 0. The SMILES string of the molecule is O=C(NCc1cccc(Oc2cccc3ccccc23)c1)c1ccnc(C(=O)NCCCn2cc(Cn3ccnc3CN3CCOCC3)nn2)c1. The standard InChI is InChI=1S/C38H39N9O4/c48-37(42-24-28-6-3-9-32(22-28)51-35-11-4-8-29-7-1-2-10-33(29)35)30-12-14-39-34(23-30)38(49)41-13-5-16-47-26-31(43-44-47)25-46-17-15-40-36(46)27-45-18-20-50-21-19-45/h1-4,6-12,14-15,17,22-23,26H,5,13,16,18-21,24-25,27H2,(H,41,49)(H,42,48). The molecule has 2 amide bonds. The van der Waals surface area contributed by atoms with E-state index in [1.807, 2.05) is 85.3 Å². The maximum absolute atomic E-state index is 13.0. The first kappa shape index (κ1) is 33.6. The van der Waals surface area contributed by atoms with Crippen molar-refractivity contribution in [2.75, 3.05) is 32.8 Å². The molecule has 1 fully saturated rings. The van der Waals surface area contributed by atoms with Gasteiger partial charge >= 0.3 is 0 Å². The Balaban J connectivity index is 0.858. The third-order valence-corrected chi connectivity index (χ3v) is 8.62. The van der Waals surface area contributed by atoms with Gasteiger partial charge in [-0.05, 0) is 47.7 Å². The molecular formula is C38H39N9O4. The molecule has 0 spiro atoms. The number of hydrogen-bond acceptors (Lipinski definition) is 9. The summed E-state index contributed by atoms with van der Waals surface area (Å²) < 4.78 is 15.5. The van der Waals surface area contributed by atoms with E-state index in [-0.39, 0.29) is 24.1 Å². The first-order chi connectivity index (χ1) is 25.1. The fourth-order valence-corrected chi connectivity index (χ4v) is 5.93. The highest BCUT2D eigenvalue weighted by Gasteiger charge is 2.15. The number of imidazole rings is 1. The van der Waals surface area contributed by atoms with Gasteiger partial charge in [-0.3, -0.25) is 24.2 Å². The van der Waals surface area contributed by atoms with Crippen LogP contribution in [0, 0.1) is 0 Å². The normalized spacial score (nSPS) is 13.3. The molecular weight excluding hydrogens is 646 g/mol. The Morgan fingerprint density at radius 2 is 1.73 bits per heavy atom. The van der Waals surface area contributed by atoms with Crippen molar-refractivity contribution in [2.45, 2.75) is 32.6 Å². The van der Waals surface area contributed by atoms with Crippen molar-refractivity contribution < 1.29 is 19.1 Å². The molecule has 0 atom stereocenters. The molecule has 13 nitrogen and oxygen atoms in total. The van der Waals surface area contributed by atoms with E-state index in [0.29, 0.717) is 37.4 Å². The van der Waals surface area contributed by atoms with Crippen LogP contribution in [-0.4, -0.2) is 79.1 Å². The zero-order valence-electron chi connectivity index (χ0n) is 28.1. The molecule has 0 saturated carbocycles. The third-order valence-electron chi connectivity index (χ3n) is 8.62. The smallest absolute Gasteiger partial charge is 0.269 e. The summed E-state index contributed by atoms with van der Waals surface area (Å²) in [5.41, 5.74) is 2.23. The Morgan fingerprint density at radius 1 is 0.863 bits per heavy atom. The Bertz CT molecular complexity index is 2100. The van der Waals surface area contributed by atoms with Gasteiger partial charge in [0.15, 0.2) is 0 Å². The fraction of sp³-hybridized carbons (Fsp3) is 0.263. The van der Waals surface area contributed by atoms with Crippen LogP contribution in [0.5, 0.6) is 11.5 Å². The molecule has 1 saturated heterocycles. The van der Waals surface area contributed by atoms with Crippen LogP contribution in [0.1, 0.15) is 44.3 Å². The van der Waals surface area contributed by atoms with Crippen LogP contribution < -0.4 is 15.4 Å². The zero-order chi connectivity index (χ0) is 34.8. The van der Waals surface area contributed by atoms with Crippen molar-refractivity contribution in [3.8, 4) is 11.5 Å². The minimum absolute atomic E-state index is 0.171. The second-order valence-corrected chi connectivity index (χ2v) is 12.3. The molecule has 6 aromatic rings. The number of pyridine rings is 1. The van der Waals surface area contributed by atoms with Crippen LogP contribution in [0.2, 0.25) is 0 Å². The third kappa shape index (κ3) is 8.82. The van der Waals surface area contributed by atoms with Gasteiger partial charge in [0, 0.05) is 62.3 Å². The summed E-state index contributed by atoms with van der Waals surface area (Å²) in [7, 11) is 0. The molecule has 3 aromatic carbocycles. The van der Waals surface area contributed by atoms with Crippen LogP contribution in [0.4, 0.5) is 0 Å². The Hall–Kier alpha value is -5.92. The summed E-state index contributed by atoms with van der Waals surface area (Å²) in [6.45, 7) is 5.93. The highest BCUT2D eigenvalue weighted by molar-refractivity contribution is 5.98. The number of aryl methyl sites for hydroxylation is 1. The second kappa shape index (κ2) is 16.2. The number of carbonyl (C=O) groups excluding carboxylic acids is 2. The molecule has 7 rings (SSSR count). The molecule has 0 radical (unpaired) electrons. The van der Waals surface area contributed by atoms with Crippen molar-refractivity contribution >= 4 is 22.6 Å². The Morgan fingerprint density at radius 3 is 2.65 bits per heavy atom. The van der Waals surface area contributed by atoms with E-state index in [0.717, 1.165) is 66.5 Å². The van der Waals surface area contributed by atoms with Crippen LogP contribution in [0.15, 0.2) is 104 Å². The maximum Gasteiger partial charge on any atom is 0.269 e. The largest absolute Gasteiger partial charge is 0.457 e. The number of carbonyl (C=O) groups is 2. The number of nitrogens with zero attached hydrogens (tertiary/aromatic N) is 7. The topological polar surface area (TPSA) is 141 Å². The van der Waals surface area contributed by atoms with E-state index in [1.54, 1.807) is 10.7 Å². The van der Waals surface area contributed by atoms with Crippen molar-refractivity contribution in [2.24, 2.45) is 0 Å². The van der Waals surface area contributed by atoms with Gasteiger partial charge in [-0.2, -0.15) is 0 Å². The Kier molecular flexibility index (Phi) is 10.7. The second-order valence-electron chi connectivity index (χ2n) is 12.3. The number of rotatable bonds is 14. The number of nitrogens with one attached hydrogen (secondary N) is 2. The first-order valence-electron chi connectivity index (χ1n) is 17.0. The van der Waals surface area contributed by atoms with Gasteiger partial charge in [0.1, 0.15) is 28.7 Å². The summed E-state index contributed by atoms with van der Waals surface area (Å²) in [6, 6.07) is 24.7. The lowest BCUT2D eigenvalue weighted by molar-refractivity contribution is 0.0326. The predicted molar refractivity (Wildman–Crippen MR) is 190 cm³/mol. The van der Waals surface area contributed by atoms with E-state index in [9.17, 15) is 9.59 Å². The highest BCUT2D eigenvalue weighted by atomic mass is 16.5. The lowest BCUT2D eigenvalue weighted by Crippen LogP contribution is -2.36.